The van der Waals surface area contributed by atoms with E-state index in [9.17, 15) is 14.4 Å². The van der Waals surface area contributed by atoms with Crippen LogP contribution in [0.25, 0.3) is 0 Å². The van der Waals surface area contributed by atoms with E-state index in [-0.39, 0.29) is 30.5 Å². The number of carboxylic acid groups (broad SMARTS) is 1. The Kier molecular flexibility index (Phi) is 4.42. The molecule has 2 aromatic rings. The molecule has 2 amide bonds. The minimum Gasteiger partial charge on any atom is -0.495 e. The second-order valence-electron chi connectivity index (χ2n) is 5.52. The van der Waals surface area contributed by atoms with Crippen molar-refractivity contribution in [3.8, 4) is 5.75 Å². The van der Waals surface area contributed by atoms with E-state index in [1.807, 2.05) is 0 Å². The number of fused-ring (bicyclic) bond motifs is 1. The van der Waals surface area contributed by atoms with Crippen LogP contribution in [0.15, 0.2) is 34.7 Å². The number of hydrogen-bond acceptors (Lipinski definition) is 5. The number of para-hydroxylation sites is 1. The lowest BCUT2D eigenvalue weighted by atomic mass is 9.89. The summed E-state index contributed by atoms with van der Waals surface area (Å²) < 4.78 is 10.3. The molecule has 1 aliphatic rings. The van der Waals surface area contributed by atoms with Gasteiger partial charge in [-0.3, -0.25) is 9.59 Å². The van der Waals surface area contributed by atoms with Crippen LogP contribution in [0.2, 0.25) is 0 Å². The van der Waals surface area contributed by atoms with Crippen molar-refractivity contribution in [3.63, 3.8) is 0 Å². The first-order chi connectivity index (χ1) is 12.0. The summed E-state index contributed by atoms with van der Waals surface area (Å²) in [5.74, 6) is -1.86. The Balaban J connectivity index is 1.76. The lowest BCUT2D eigenvalue weighted by Crippen LogP contribution is -2.34. The number of ether oxygens (including phenoxy) is 1. The molecule has 8 heteroatoms. The number of benzene rings is 1. The molecule has 0 spiro atoms. The Labute approximate surface area is 142 Å². The third-order valence-corrected chi connectivity index (χ3v) is 3.93. The van der Waals surface area contributed by atoms with Gasteiger partial charge in [0.1, 0.15) is 11.5 Å². The van der Waals surface area contributed by atoms with Crippen molar-refractivity contribution in [1.29, 1.82) is 0 Å². The third-order valence-electron chi connectivity index (χ3n) is 3.93. The molecule has 0 aliphatic carbocycles. The maximum absolute atomic E-state index is 12.5. The molecule has 8 nitrogen and oxygen atoms in total. The molecule has 1 aromatic heterocycles. The number of carbonyl (C=O) groups excluding carboxylic acids is 2. The van der Waals surface area contributed by atoms with E-state index in [0.717, 1.165) is 0 Å². The van der Waals surface area contributed by atoms with Gasteiger partial charge in [0.25, 0.3) is 0 Å². The normalized spacial score (nSPS) is 15.9. The van der Waals surface area contributed by atoms with Gasteiger partial charge >= 0.3 is 5.97 Å². The van der Waals surface area contributed by atoms with Crippen molar-refractivity contribution in [2.45, 2.75) is 18.9 Å². The van der Waals surface area contributed by atoms with E-state index in [1.54, 1.807) is 18.2 Å². The first-order valence-corrected chi connectivity index (χ1v) is 7.56. The van der Waals surface area contributed by atoms with Gasteiger partial charge in [-0.2, -0.15) is 0 Å². The maximum atomic E-state index is 12.5. The van der Waals surface area contributed by atoms with Crippen LogP contribution in [-0.2, 0) is 16.1 Å². The first kappa shape index (κ1) is 16.6. The highest BCUT2D eigenvalue weighted by Gasteiger charge is 2.32. The Morgan fingerprint density at radius 3 is 2.84 bits per heavy atom. The second kappa shape index (κ2) is 6.68. The van der Waals surface area contributed by atoms with Crippen LogP contribution in [0.3, 0.4) is 0 Å². The molecule has 25 heavy (non-hydrogen) atoms. The molecule has 130 valence electrons. The highest BCUT2D eigenvalue weighted by molar-refractivity contribution is 6.02. The highest BCUT2D eigenvalue weighted by atomic mass is 16.5. The fourth-order valence-corrected chi connectivity index (χ4v) is 2.75. The summed E-state index contributed by atoms with van der Waals surface area (Å²) in [7, 11) is 1.49. The number of carboxylic acids is 1. The summed E-state index contributed by atoms with van der Waals surface area (Å²) in [6, 6.07) is 8.01. The third kappa shape index (κ3) is 3.32. The quantitative estimate of drug-likeness (QED) is 0.760. The molecule has 1 aliphatic heterocycles. The Bertz CT molecular complexity index is 841. The molecule has 3 rings (SSSR count). The number of aromatic carboxylic acids is 1. The molecular weight excluding hydrogens is 328 g/mol. The standard InChI is InChI=1S/C17H16N2O6/c1-24-12-4-2-3-10-11(7-14(20)19-15(10)12)16(21)18-8-9-5-6-13(25-9)17(22)23/h2-6,11H,7-8H2,1H3,(H,18,21)(H,19,20)(H,22,23)/t11-/m0/s1. The Morgan fingerprint density at radius 1 is 1.36 bits per heavy atom. The molecule has 0 fully saturated rings. The molecule has 0 saturated carbocycles. The van der Waals surface area contributed by atoms with Crippen LogP contribution in [0.1, 0.15) is 34.2 Å². The fraction of sp³-hybridized carbons (Fsp3) is 0.235. The Morgan fingerprint density at radius 2 is 2.16 bits per heavy atom. The molecule has 2 heterocycles. The van der Waals surface area contributed by atoms with Crippen LogP contribution in [0, 0.1) is 0 Å². The average molecular weight is 344 g/mol. The fourth-order valence-electron chi connectivity index (χ4n) is 2.75. The summed E-state index contributed by atoms with van der Waals surface area (Å²) in [6.07, 6.45) is 0.0184. The number of amides is 2. The average Bonchev–Trinajstić information content (AvgIpc) is 3.07. The number of rotatable bonds is 5. The number of carbonyl (C=O) groups is 3. The van der Waals surface area contributed by atoms with Crippen molar-refractivity contribution in [2.24, 2.45) is 0 Å². The SMILES string of the molecule is COc1cccc2c1NC(=O)C[C@@H]2C(=O)NCc1ccc(C(=O)O)o1. The minimum absolute atomic E-state index is 0.0184. The summed E-state index contributed by atoms with van der Waals surface area (Å²) >= 11 is 0. The van der Waals surface area contributed by atoms with Crippen LogP contribution in [0.4, 0.5) is 5.69 Å². The number of hydrogen-bond donors (Lipinski definition) is 3. The van der Waals surface area contributed by atoms with Gasteiger partial charge < -0.3 is 24.9 Å². The van der Waals surface area contributed by atoms with E-state index in [2.05, 4.69) is 10.6 Å². The number of methoxy groups -OCH3 is 1. The zero-order chi connectivity index (χ0) is 18.0. The number of anilines is 1. The first-order valence-electron chi connectivity index (χ1n) is 7.56. The van der Waals surface area contributed by atoms with E-state index >= 15 is 0 Å². The van der Waals surface area contributed by atoms with Gasteiger partial charge in [-0.15, -0.1) is 0 Å². The number of furan rings is 1. The zero-order valence-corrected chi connectivity index (χ0v) is 13.4. The van der Waals surface area contributed by atoms with Gasteiger partial charge in [0.05, 0.1) is 25.3 Å². The summed E-state index contributed by atoms with van der Waals surface area (Å²) in [6.45, 7) is 0.0313. The maximum Gasteiger partial charge on any atom is 0.371 e. The van der Waals surface area contributed by atoms with E-state index < -0.39 is 11.9 Å². The molecular formula is C17H16N2O6. The highest BCUT2D eigenvalue weighted by Crippen LogP contribution is 2.38. The largest absolute Gasteiger partial charge is 0.495 e. The molecule has 3 N–H and O–H groups in total. The van der Waals surface area contributed by atoms with E-state index in [1.165, 1.54) is 19.2 Å². The predicted molar refractivity (Wildman–Crippen MR) is 86.5 cm³/mol. The van der Waals surface area contributed by atoms with Gasteiger partial charge in [0, 0.05) is 6.42 Å². The van der Waals surface area contributed by atoms with Gasteiger partial charge in [-0.1, -0.05) is 12.1 Å². The summed E-state index contributed by atoms with van der Waals surface area (Å²) in [5.41, 5.74) is 1.16. The molecule has 0 radical (unpaired) electrons. The van der Waals surface area contributed by atoms with Crippen LogP contribution in [-0.4, -0.2) is 30.0 Å². The topological polar surface area (TPSA) is 118 Å². The van der Waals surface area contributed by atoms with Gasteiger partial charge in [-0.25, -0.2) is 4.79 Å². The summed E-state index contributed by atoms with van der Waals surface area (Å²) in [5, 5.41) is 14.2. The smallest absolute Gasteiger partial charge is 0.371 e. The van der Waals surface area contributed by atoms with Crippen LogP contribution in [0.5, 0.6) is 5.75 Å². The monoisotopic (exact) mass is 344 g/mol. The molecule has 0 saturated heterocycles. The van der Waals surface area contributed by atoms with Crippen molar-refractivity contribution < 1.29 is 28.6 Å². The van der Waals surface area contributed by atoms with E-state index in [0.29, 0.717) is 22.8 Å². The van der Waals surface area contributed by atoms with Crippen LogP contribution < -0.4 is 15.4 Å². The van der Waals surface area contributed by atoms with E-state index in [4.69, 9.17) is 14.3 Å². The van der Waals surface area contributed by atoms with Crippen molar-refractivity contribution in [2.75, 3.05) is 12.4 Å². The Hall–Kier alpha value is -3.29. The van der Waals surface area contributed by atoms with Crippen LogP contribution >= 0.6 is 0 Å². The van der Waals surface area contributed by atoms with Crippen molar-refractivity contribution >= 4 is 23.5 Å². The van der Waals surface area contributed by atoms with Gasteiger partial charge in [0.15, 0.2) is 0 Å². The lowest BCUT2D eigenvalue weighted by molar-refractivity contribution is -0.126. The van der Waals surface area contributed by atoms with Gasteiger partial charge in [0.2, 0.25) is 17.6 Å². The molecule has 1 atom stereocenters. The second-order valence-corrected chi connectivity index (χ2v) is 5.52. The molecule has 0 bridgehead atoms. The summed E-state index contributed by atoms with van der Waals surface area (Å²) in [4.78, 5) is 35.3. The molecule has 1 aromatic carbocycles. The predicted octanol–water partition coefficient (Wildman–Crippen LogP) is 1.73. The number of nitrogens with one attached hydrogen (secondary N) is 2. The lowest BCUT2D eigenvalue weighted by Gasteiger charge is -2.26. The van der Waals surface area contributed by atoms with Crippen molar-refractivity contribution in [3.05, 3.63) is 47.4 Å². The molecule has 0 unspecified atom stereocenters. The zero-order valence-electron chi connectivity index (χ0n) is 13.4. The minimum atomic E-state index is -1.18. The van der Waals surface area contributed by atoms with Gasteiger partial charge in [-0.05, 0) is 23.8 Å². The van der Waals surface area contributed by atoms with Crippen molar-refractivity contribution in [1.82, 2.24) is 5.32 Å².